The second kappa shape index (κ2) is 6.69. The predicted molar refractivity (Wildman–Crippen MR) is 96.7 cm³/mol. The molecule has 24 heavy (non-hydrogen) atoms. The minimum atomic E-state index is 0.0865. The highest BCUT2D eigenvalue weighted by Crippen LogP contribution is 2.28. The maximum Gasteiger partial charge on any atom is 0.274 e. The summed E-state index contributed by atoms with van der Waals surface area (Å²) in [4.78, 5) is 14.9. The summed E-state index contributed by atoms with van der Waals surface area (Å²) in [5, 5.41) is 8.06. The van der Waals surface area contributed by atoms with Crippen LogP contribution in [0.1, 0.15) is 34.6 Å². The molecule has 2 aromatic rings. The van der Waals surface area contributed by atoms with Crippen molar-refractivity contribution in [2.75, 3.05) is 26.2 Å². The van der Waals surface area contributed by atoms with Crippen LogP contribution in [-0.2, 0) is 12.8 Å². The average molecular weight is 389 g/mol. The van der Waals surface area contributed by atoms with Crippen molar-refractivity contribution in [3.63, 3.8) is 0 Å². The largest absolute Gasteiger partial charge is 0.335 e. The van der Waals surface area contributed by atoms with Gasteiger partial charge in [0.1, 0.15) is 0 Å². The van der Waals surface area contributed by atoms with Crippen molar-refractivity contribution in [2.24, 2.45) is 0 Å². The molecule has 1 aromatic carbocycles. The molecule has 5 nitrogen and oxygen atoms in total. The summed E-state index contributed by atoms with van der Waals surface area (Å²) in [5.41, 5.74) is 4.04. The Morgan fingerprint density at radius 1 is 1.17 bits per heavy atom. The zero-order chi connectivity index (χ0) is 16.5. The minimum Gasteiger partial charge on any atom is -0.335 e. The van der Waals surface area contributed by atoms with Gasteiger partial charge in [-0.15, -0.1) is 0 Å². The van der Waals surface area contributed by atoms with E-state index in [0.29, 0.717) is 5.69 Å². The van der Waals surface area contributed by atoms with Crippen molar-refractivity contribution in [3.05, 3.63) is 45.7 Å². The van der Waals surface area contributed by atoms with Crippen LogP contribution in [0, 0.1) is 0 Å². The molecule has 0 atom stereocenters. The molecule has 1 fully saturated rings. The van der Waals surface area contributed by atoms with Crippen molar-refractivity contribution in [3.8, 4) is 5.69 Å². The Balaban J connectivity index is 1.76. The third-order valence-electron chi connectivity index (χ3n) is 4.84. The first-order valence-electron chi connectivity index (χ1n) is 8.61. The van der Waals surface area contributed by atoms with Gasteiger partial charge in [-0.1, -0.05) is 22.0 Å². The molecule has 0 bridgehead atoms. The van der Waals surface area contributed by atoms with Crippen LogP contribution in [0.25, 0.3) is 5.69 Å². The predicted octanol–water partition coefficient (Wildman–Crippen LogP) is 2.56. The van der Waals surface area contributed by atoms with E-state index in [1.165, 1.54) is 5.69 Å². The molecule has 0 saturated carbocycles. The van der Waals surface area contributed by atoms with Crippen molar-refractivity contribution >= 4 is 21.8 Å². The first-order chi connectivity index (χ1) is 11.7. The number of halogens is 1. The number of nitrogens with zero attached hydrogens (tertiary/aromatic N) is 3. The second-order valence-electron chi connectivity index (χ2n) is 6.41. The molecular weight excluding hydrogens is 368 g/mol. The first-order valence-corrected chi connectivity index (χ1v) is 9.40. The molecule has 4 rings (SSSR count). The van der Waals surface area contributed by atoms with Crippen LogP contribution in [0.3, 0.4) is 0 Å². The van der Waals surface area contributed by atoms with Crippen LogP contribution >= 0.6 is 15.9 Å². The Labute approximate surface area is 150 Å². The molecule has 6 heteroatoms. The Kier molecular flexibility index (Phi) is 4.41. The van der Waals surface area contributed by atoms with Crippen LogP contribution < -0.4 is 5.32 Å². The average Bonchev–Trinajstić information content (AvgIpc) is 3.01. The number of rotatable bonds is 2. The molecule has 2 aliphatic rings. The molecule has 1 saturated heterocycles. The fourth-order valence-electron chi connectivity index (χ4n) is 3.61. The van der Waals surface area contributed by atoms with E-state index in [1.807, 2.05) is 27.8 Å². The molecule has 126 valence electrons. The molecule has 1 aliphatic carbocycles. The summed E-state index contributed by atoms with van der Waals surface area (Å²) in [6, 6.07) is 8.12. The topological polar surface area (TPSA) is 50.2 Å². The summed E-state index contributed by atoms with van der Waals surface area (Å²) in [5.74, 6) is 0.0865. The Hall–Kier alpha value is -1.66. The Bertz CT molecular complexity index is 764. The number of hydrogen-bond donors (Lipinski definition) is 1. The van der Waals surface area contributed by atoms with Gasteiger partial charge >= 0.3 is 0 Å². The molecule has 1 N–H and O–H groups in total. The fraction of sp³-hybridized carbons (Fsp3) is 0.444. The highest BCUT2D eigenvalue weighted by atomic mass is 79.9. The van der Waals surface area contributed by atoms with Gasteiger partial charge in [-0.25, -0.2) is 4.68 Å². The molecule has 2 heterocycles. The highest BCUT2D eigenvalue weighted by molar-refractivity contribution is 9.10. The first kappa shape index (κ1) is 15.8. The number of benzene rings is 1. The number of hydrogen-bond acceptors (Lipinski definition) is 3. The number of aromatic nitrogens is 2. The molecule has 1 aromatic heterocycles. The minimum absolute atomic E-state index is 0.0865. The molecule has 0 radical (unpaired) electrons. The van der Waals surface area contributed by atoms with E-state index < -0.39 is 0 Å². The van der Waals surface area contributed by atoms with Crippen LogP contribution in [0.15, 0.2) is 28.7 Å². The molecule has 1 amide bonds. The second-order valence-corrected chi connectivity index (χ2v) is 7.33. The van der Waals surface area contributed by atoms with Gasteiger partial charge in [-0.3, -0.25) is 4.79 Å². The maximum atomic E-state index is 13.0. The number of piperazine rings is 1. The van der Waals surface area contributed by atoms with Gasteiger partial charge in [0.2, 0.25) is 0 Å². The van der Waals surface area contributed by atoms with Crippen molar-refractivity contribution in [1.82, 2.24) is 20.0 Å². The summed E-state index contributed by atoms with van der Waals surface area (Å²) in [6.45, 7) is 3.25. The number of fused-ring (bicyclic) bond motifs is 1. The number of carbonyl (C=O) groups is 1. The van der Waals surface area contributed by atoms with E-state index in [9.17, 15) is 4.79 Å². The number of amides is 1. The van der Waals surface area contributed by atoms with Gasteiger partial charge in [0.05, 0.1) is 5.69 Å². The molecule has 1 aliphatic heterocycles. The van der Waals surface area contributed by atoms with E-state index in [2.05, 4.69) is 27.3 Å². The lowest BCUT2D eigenvalue weighted by molar-refractivity contribution is 0.0728. The number of carbonyl (C=O) groups excluding carboxylic acids is 1. The van der Waals surface area contributed by atoms with Crippen molar-refractivity contribution in [1.29, 1.82) is 0 Å². The molecular formula is C18H21BrN4O. The summed E-state index contributed by atoms with van der Waals surface area (Å²) in [7, 11) is 0. The maximum absolute atomic E-state index is 13.0. The van der Waals surface area contributed by atoms with E-state index in [1.54, 1.807) is 0 Å². The van der Waals surface area contributed by atoms with Gasteiger partial charge in [0.25, 0.3) is 5.91 Å². The van der Waals surface area contributed by atoms with Crippen LogP contribution in [-0.4, -0.2) is 46.8 Å². The zero-order valence-corrected chi connectivity index (χ0v) is 15.2. The lowest BCUT2D eigenvalue weighted by Crippen LogP contribution is -2.46. The standard InChI is InChI=1S/C18H21BrN4O/c19-13-4-3-5-14(12-13)23-16-7-2-1-6-15(16)17(21-23)18(24)22-10-8-20-9-11-22/h3-5,12,20H,1-2,6-11H2. The van der Waals surface area contributed by atoms with Gasteiger partial charge in [-0.05, 0) is 43.9 Å². The highest BCUT2D eigenvalue weighted by Gasteiger charge is 2.29. The summed E-state index contributed by atoms with van der Waals surface area (Å²) in [6.07, 6.45) is 4.24. The van der Waals surface area contributed by atoms with Crippen LogP contribution in [0.2, 0.25) is 0 Å². The van der Waals surface area contributed by atoms with E-state index in [0.717, 1.165) is 67.6 Å². The van der Waals surface area contributed by atoms with Crippen molar-refractivity contribution < 1.29 is 4.79 Å². The van der Waals surface area contributed by atoms with Gasteiger partial charge in [-0.2, -0.15) is 5.10 Å². The SMILES string of the molecule is O=C(c1nn(-c2cccc(Br)c2)c2c1CCCC2)N1CCNCC1. The zero-order valence-electron chi connectivity index (χ0n) is 13.6. The van der Waals surface area contributed by atoms with Crippen molar-refractivity contribution in [2.45, 2.75) is 25.7 Å². The van der Waals surface area contributed by atoms with Crippen LogP contribution in [0.4, 0.5) is 0 Å². The summed E-state index contributed by atoms with van der Waals surface area (Å²) < 4.78 is 3.00. The smallest absolute Gasteiger partial charge is 0.274 e. The lowest BCUT2D eigenvalue weighted by atomic mass is 9.95. The van der Waals surface area contributed by atoms with Gasteiger partial charge < -0.3 is 10.2 Å². The normalized spacial score (nSPS) is 17.6. The van der Waals surface area contributed by atoms with Gasteiger partial charge in [0, 0.05) is 41.9 Å². The molecule has 0 unspecified atom stereocenters. The van der Waals surface area contributed by atoms with E-state index >= 15 is 0 Å². The third-order valence-corrected chi connectivity index (χ3v) is 5.33. The molecule has 0 spiro atoms. The van der Waals surface area contributed by atoms with Gasteiger partial charge in [0.15, 0.2) is 5.69 Å². The van der Waals surface area contributed by atoms with E-state index in [-0.39, 0.29) is 5.91 Å². The quantitative estimate of drug-likeness (QED) is 0.859. The van der Waals surface area contributed by atoms with E-state index in [4.69, 9.17) is 5.10 Å². The summed E-state index contributed by atoms with van der Waals surface area (Å²) >= 11 is 3.53. The monoisotopic (exact) mass is 388 g/mol. The Morgan fingerprint density at radius 3 is 2.75 bits per heavy atom. The number of nitrogens with one attached hydrogen (secondary N) is 1. The lowest BCUT2D eigenvalue weighted by Gasteiger charge is -2.27. The van der Waals surface area contributed by atoms with Crippen LogP contribution in [0.5, 0.6) is 0 Å². The fourth-order valence-corrected chi connectivity index (χ4v) is 4.00. The Morgan fingerprint density at radius 2 is 1.96 bits per heavy atom. The third kappa shape index (κ3) is 2.89.